The number of amides is 1. The molecule has 0 unspecified atom stereocenters. The summed E-state index contributed by atoms with van der Waals surface area (Å²) < 4.78 is 2.02. The average molecular weight is 424 g/mol. The van der Waals surface area contributed by atoms with Gasteiger partial charge >= 0.3 is 0 Å². The van der Waals surface area contributed by atoms with Gasteiger partial charge in [0, 0.05) is 37.4 Å². The summed E-state index contributed by atoms with van der Waals surface area (Å²) in [7, 11) is 0. The quantitative estimate of drug-likeness (QED) is 0.674. The van der Waals surface area contributed by atoms with Gasteiger partial charge < -0.3 is 15.1 Å². The molecular formula is C25H37N5O. The van der Waals surface area contributed by atoms with Gasteiger partial charge in [-0.15, -0.1) is 0 Å². The molecule has 2 saturated heterocycles. The summed E-state index contributed by atoms with van der Waals surface area (Å²) >= 11 is 0. The predicted octanol–water partition coefficient (Wildman–Crippen LogP) is 2.81. The number of benzene rings is 1. The van der Waals surface area contributed by atoms with Gasteiger partial charge in [0.05, 0.1) is 0 Å². The van der Waals surface area contributed by atoms with E-state index < -0.39 is 0 Å². The number of nitrogens with one attached hydrogen (secondary N) is 1. The van der Waals surface area contributed by atoms with Gasteiger partial charge in [0.25, 0.3) is 0 Å². The molecule has 6 heteroatoms. The summed E-state index contributed by atoms with van der Waals surface area (Å²) in [5.74, 6) is 0.442. The maximum Gasteiger partial charge on any atom is 0.223 e. The molecule has 0 radical (unpaired) electrons. The Labute approximate surface area is 186 Å². The third-order valence-corrected chi connectivity index (χ3v) is 6.95. The highest BCUT2D eigenvalue weighted by Gasteiger charge is 2.30. The minimum Gasteiger partial charge on any atom is -0.356 e. The van der Waals surface area contributed by atoms with E-state index >= 15 is 0 Å². The van der Waals surface area contributed by atoms with Crippen molar-refractivity contribution in [3.63, 3.8) is 0 Å². The summed E-state index contributed by atoms with van der Waals surface area (Å²) in [6, 6.07) is 13.1. The van der Waals surface area contributed by atoms with Gasteiger partial charge in [0.15, 0.2) is 0 Å². The van der Waals surface area contributed by atoms with Gasteiger partial charge in [0.1, 0.15) is 0 Å². The van der Waals surface area contributed by atoms with Crippen molar-refractivity contribution in [3.8, 4) is 0 Å². The van der Waals surface area contributed by atoms with Crippen LogP contribution in [0.15, 0.2) is 48.8 Å². The Hall–Kier alpha value is -2.18. The smallest absolute Gasteiger partial charge is 0.223 e. The molecule has 1 amide bonds. The normalized spacial score (nSPS) is 19.5. The molecule has 0 saturated carbocycles. The Bertz CT molecular complexity index is 762. The zero-order valence-electron chi connectivity index (χ0n) is 18.7. The summed E-state index contributed by atoms with van der Waals surface area (Å²) in [5, 5.41) is 7.44. The van der Waals surface area contributed by atoms with Crippen molar-refractivity contribution < 1.29 is 4.79 Å². The van der Waals surface area contributed by atoms with Crippen LogP contribution in [0.25, 0.3) is 0 Å². The minimum atomic E-state index is 0.189. The van der Waals surface area contributed by atoms with Crippen LogP contribution in [-0.2, 0) is 17.8 Å². The van der Waals surface area contributed by atoms with Gasteiger partial charge in [-0.3, -0.25) is 9.48 Å². The van der Waals surface area contributed by atoms with Crippen LogP contribution >= 0.6 is 0 Å². The molecule has 1 N–H and O–H groups in total. The highest BCUT2D eigenvalue weighted by atomic mass is 16.1. The Morgan fingerprint density at radius 2 is 1.74 bits per heavy atom. The average Bonchev–Trinajstić information content (AvgIpc) is 3.34. The van der Waals surface area contributed by atoms with Crippen LogP contribution < -0.4 is 5.32 Å². The van der Waals surface area contributed by atoms with Crippen LogP contribution in [0, 0.1) is 5.92 Å². The first-order valence-corrected chi connectivity index (χ1v) is 12.0. The largest absolute Gasteiger partial charge is 0.356 e. The topological polar surface area (TPSA) is 53.4 Å². The third kappa shape index (κ3) is 6.65. The second-order valence-corrected chi connectivity index (χ2v) is 9.03. The number of carbonyl (C=O) groups excluding carboxylic acids is 1. The van der Waals surface area contributed by atoms with Crippen LogP contribution in [0.1, 0.15) is 37.7 Å². The van der Waals surface area contributed by atoms with Crippen LogP contribution in [0.4, 0.5) is 0 Å². The van der Waals surface area contributed by atoms with E-state index in [1.807, 2.05) is 29.2 Å². The maximum atomic E-state index is 12.6. The minimum absolute atomic E-state index is 0.189. The number of nitrogens with zero attached hydrogens (tertiary/aromatic N) is 4. The summed E-state index contributed by atoms with van der Waals surface area (Å²) in [5.41, 5.74) is 1.28. The van der Waals surface area contributed by atoms with E-state index in [1.165, 1.54) is 31.5 Å². The van der Waals surface area contributed by atoms with Crippen molar-refractivity contribution >= 4 is 5.91 Å². The predicted molar refractivity (Wildman–Crippen MR) is 124 cm³/mol. The molecule has 2 aliphatic rings. The second-order valence-electron chi connectivity index (χ2n) is 9.03. The van der Waals surface area contributed by atoms with Crippen molar-refractivity contribution in [2.75, 3.05) is 39.3 Å². The molecule has 6 nitrogen and oxygen atoms in total. The van der Waals surface area contributed by atoms with E-state index in [0.717, 1.165) is 58.4 Å². The van der Waals surface area contributed by atoms with Crippen LogP contribution in [-0.4, -0.2) is 70.8 Å². The highest BCUT2D eigenvalue weighted by molar-refractivity contribution is 5.78. The van der Waals surface area contributed by atoms with Crippen molar-refractivity contribution in [2.45, 2.75) is 51.1 Å². The summed E-state index contributed by atoms with van der Waals surface area (Å²) in [6.45, 7) is 7.45. The van der Waals surface area contributed by atoms with Gasteiger partial charge in [-0.25, -0.2) is 0 Å². The molecule has 0 aliphatic carbocycles. The molecule has 4 rings (SSSR count). The van der Waals surface area contributed by atoms with Gasteiger partial charge in [0.2, 0.25) is 5.91 Å². The van der Waals surface area contributed by atoms with Crippen molar-refractivity contribution in [2.24, 2.45) is 5.92 Å². The summed E-state index contributed by atoms with van der Waals surface area (Å²) in [4.78, 5) is 17.8. The number of likely N-dealkylation sites (tertiary alicyclic amines) is 2. The number of carbonyl (C=O) groups is 1. The molecule has 0 bridgehead atoms. The Morgan fingerprint density at radius 3 is 2.45 bits per heavy atom. The Morgan fingerprint density at radius 1 is 0.968 bits per heavy atom. The number of hydrogen-bond acceptors (Lipinski definition) is 4. The van der Waals surface area contributed by atoms with Crippen LogP contribution in [0.3, 0.4) is 0 Å². The molecule has 2 aliphatic heterocycles. The third-order valence-electron chi connectivity index (χ3n) is 6.95. The molecule has 3 heterocycles. The van der Waals surface area contributed by atoms with Gasteiger partial charge in [-0.05, 0) is 82.9 Å². The van der Waals surface area contributed by atoms with E-state index in [1.54, 1.807) is 0 Å². The molecule has 1 aromatic carbocycles. The Balaban J connectivity index is 1.09. The number of rotatable bonds is 9. The van der Waals surface area contributed by atoms with Gasteiger partial charge in [-0.1, -0.05) is 30.3 Å². The SMILES string of the molecule is O=C(NCCc1ccccc1)C1CCN(C2CCN(CCCn3cccn3)CC2)CC1. The van der Waals surface area contributed by atoms with Gasteiger partial charge in [-0.2, -0.15) is 5.10 Å². The lowest BCUT2D eigenvalue weighted by molar-refractivity contribution is -0.126. The van der Waals surface area contributed by atoms with Crippen molar-refractivity contribution in [1.82, 2.24) is 24.9 Å². The van der Waals surface area contributed by atoms with Crippen molar-refractivity contribution in [1.29, 1.82) is 0 Å². The molecule has 2 fully saturated rings. The molecule has 0 spiro atoms. The zero-order valence-corrected chi connectivity index (χ0v) is 18.7. The molecule has 0 atom stereocenters. The maximum absolute atomic E-state index is 12.6. The van der Waals surface area contributed by atoms with E-state index in [9.17, 15) is 4.79 Å². The fourth-order valence-electron chi connectivity index (χ4n) is 5.04. The highest BCUT2D eigenvalue weighted by Crippen LogP contribution is 2.24. The van der Waals surface area contributed by atoms with E-state index in [4.69, 9.17) is 0 Å². The zero-order chi connectivity index (χ0) is 21.3. The van der Waals surface area contributed by atoms with Crippen LogP contribution in [0.2, 0.25) is 0 Å². The molecule has 31 heavy (non-hydrogen) atoms. The number of piperidine rings is 2. The second kappa shape index (κ2) is 11.4. The first-order chi connectivity index (χ1) is 15.3. The fourth-order valence-corrected chi connectivity index (χ4v) is 5.04. The first-order valence-electron chi connectivity index (χ1n) is 12.0. The molecular weight excluding hydrogens is 386 g/mol. The molecule has 168 valence electrons. The molecule has 1 aromatic heterocycles. The lowest BCUT2D eigenvalue weighted by Gasteiger charge is -2.41. The number of hydrogen-bond donors (Lipinski definition) is 1. The lowest BCUT2D eigenvalue weighted by Crippen LogP contribution is -2.49. The monoisotopic (exact) mass is 423 g/mol. The van der Waals surface area contributed by atoms with E-state index in [0.29, 0.717) is 6.04 Å². The molecule has 2 aromatic rings. The van der Waals surface area contributed by atoms with E-state index in [2.05, 4.69) is 44.5 Å². The lowest BCUT2D eigenvalue weighted by atomic mass is 9.92. The number of aryl methyl sites for hydroxylation is 1. The first kappa shape index (κ1) is 22.0. The summed E-state index contributed by atoms with van der Waals surface area (Å²) in [6.07, 6.45) is 10.5. The van der Waals surface area contributed by atoms with Crippen LogP contribution in [0.5, 0.6) is 0 Å². The fraction of sp³-hybridized carbons (Fsp3) is 0.600. The number of aromatic nitrogens is 2. The standard InChI is InChI=1S/C25H37N5O/c31-25(26-14-8-22-6-2-1-3-7-22)23-9-20-29(21-10-23)24-11-18-28(19-12-24)15-5-17-30-16-4-13-27-30/h1-4,6-7,13,16,23-24H,5,8-12,14-15,17-21H2,(H,26,31). The van der Waals surface area contributed by atoms with Crippen molar-refractivity contribution in [3.05, 3.63) is 54.4 Å². The Kier molecular flexibility index (Phi) is 8.13. The van der Waals surface area contributed by atoms with E-state index in [-0.39, 0.29) is 11.8 Å².